The molecule has 0 aliphatic rings. The summed E-state index contributed by atoms with van der Waals surface area (Å²) in [6.07, 6.45) is 0. The van der Waals surface area contributed by atoms with E-state index in [1.165, 1.54) is 0 Å². The molecule has 0 unspecified atom stereocenters. The number of benzene rings is 4. The molecule has 202 valence electrons. The average Bonchev–Trinajstić information content (AvgIpc) is 2.99. The minimum Gasteiger partial charge on any atom is -0.528 e. The molecule has 0 N–H and O–H groups in total. The van der Waals surface area contributed by atoms with Crippen molar-refractivity contribution in [2.24, 2.45) is 0 Å². The molecule has 4 aromatic carbocycles. The van der Waals surface area contributed by atoms with E-state index in [0.29, 0.717) is 59.2 Å². The van der Waals surface area contributed by atoms with Crippen LogP contribution in [0.5, 0.6) is 46.0 Å². The average molecular weight is 530 g/mol. The molecule has 0 atom stereocenters. The third kappa shape index (κ3) is 8.16. The summed E-state index contributed by atoms with van der Waals surface area (Å²) in [7, 11) is 6.49. The molecule has 0 aromatic heterocycles. The van der Waals surface area contributed by atoms with E-state index in [0.717, 1.165) is 11.1 Å². The van der Waals surface area contributed by atoms with E-state index >= 15 is 0 Å². The third-order valence-corrected chi connectivity index (χ3v) is 5.70. The highest BCUT2D eigenvalue weighted by Crippen LogP contribution is 2.27. The highest BCUT2D eigenvalue weighted by atomic mass is 16.6. The van der Waals surface area contributed by atoms with Crippen LogP contribution in [0.2, 0.25) is 0 Å². The number of methoxy groups -OCH3 is 4. The predicted molar refractivity (Wildman–Crippen MR) is 149 cm³/mol. The molecule has 39 heavy (non-hydrogen) atoms. The second-order valence-corrected chi connectivity index (χ2v) is 8.38. The zero-order valence-electron chi connectivity index (χ0n) is 22.5. The van der Waals surface area contributed by atoms with E-state index < -0.39 is 0 Å². The fourth-order valence-corrected chi connectivity index (χ4v) is 3.71. The van der Waals surface area contributed by atoms with Crippen LogP contribution in [0.4, 0.5) is 0 Å². The molecule has 0 aliphatic heterocycles. The van der Waals surface area contributed by atoms with E-state index in [4.69, 9.17) is 37.7 Å². The van der Waals surface area contributed by atoms with E-state index in [1.54, 1.807) is 28.4 Å². The van der Waals surface area contributed by atoms with Crippen molar-refractivity contribution in [2.45, 2.75) is 13.2 Å². The van der Waals surface area contributed by atoms with E-state index in [9.17, 15) is 0 Å². The van der Waals surface area contributed by atoms with Gasteiger partial charge in [-0.25, -0.2) is 0 Å². The maximum absolute atomic E-state index is 5.94. The normalized spacial score (nSPS) is 10.3. The monoisotopic (exact) mass is 530 g/mol. The second-order valence-electron chi connectivity index (χ2n) is 8.38. The number of hydrogen-bond donors (Lipinski definition) is 0. The minimum atomic E-state index is 0.0209. The van der Waals surface area contributed by atoms with Gasteiger partial charge in [0.15, 0.2) is 0 Å². The number of rotatable bonds is 14. The Morgan fingerprint density at radius 2 is 0.769 bits per heavy atom. The van der Waals surface area contributed by atoms with Gasteiger partial charge in [0.2, 0.25) is 0 Å². The largest absolute Gasteiger partial charge is 0.576 e. The summed E-state index contributed by atoms with van der Waals surface area (Å²) in [4.78, 5) is 0. The van der Waals surface area contributed by atoms with Crippen LogP contribution in [-0.2, 0) is 13.2 Å². The zero-order valence-corrected chi connectivity index (χ0v) is 22.5. The molecule has 0 amide bonds. The van der Waals surface area contributed by atoms with Crippen LogP contribution in [-0.4, -0.2) is 36.1 Å². The zero-order chi connectivity index (χ0) is 27.5. The molecule has 0 bridgehead atoms. The van der Waals surface area contributed by atoms with Crippen molar-refractivity contribution in [3.8, 4) is 46.0 Å². The molecular formula is C30H31BO8. The van der Waals surface area contributed by atoms with E-state index in [1.807, 2.05) is 84.9 Å². The lowest BCUT2D eigenvalue weighted by Crippen LogP contribution is -2.11. The van der Waals surface area contributed by atoms with Crippen molar-refractivity contribution >= 4 is 7.69 Å². The Kier molecular flexibility index (Phi) is 9.66. The molecule has 0 heterocycles. The van der Waals surface area contributed by atoms with Crippen LogP contribution < -0.4 is 37.7 Å². The number of hydrogen-bond acceptors (Lipinski definition) is 8. The first-order valence-corrected chi connectivity index (χ1v) is 12.2. The van der Waals surface area contributed by atoms with Gasteiger partial charge in [0.25, 0.3) is 0 Å². The summed E-state index contributed by atoms with van der Waals surface area (Å²) in [6.45, 7) is 0.700. The molecule has 0 aliphatic carbocycles. The fourth-order valence-electron chi connectivity index (χ4n) is 3.71. The smallest absolute Gasteiger partial charge is 0.528 e. The summed E-state index contributed by atoms with van der Waals surface area (Å²) in [5.74, 6) is 5.40. The van der Waals surface area contributed by atoms with Crippen molar-refractivity contribution in [3.63, 3.8) is 0 Å². The van der Waals surface area contributed by atoms with Gasteiger partial charge in [0.1, 0.15) is 59.2 Å². The van der Waals surface area contributed by atoms with Crippen molar-refractivity contribution in [1.82, 2.24) is 0 Å². The summed E-state index contributed by atoms with van der Waals surface area (Å²) in [5.41, 5.74) is 1.85. The Hall–Kier alpha value is -4.66. The molecule has 0 radical (unpaired) electrons. The second kappa shape index (κ2) is 13.8. The Balaban J connectivity index is 1.28. The first-order chi connectivity index (χ1) is 19.1. The molecule has 0 spiro atoms. The maximum atomic E-state index is 5.94. The van der Waals surface area contributed by atoms with E-state index in [-0.39, 0.29) is 7.69 Å². The van der Waals surface area contributed by atoms with Crippen molar-refractivity contribution < 1.29 is 37.7 Å². The van der Waals surface area contributed by atoms with Gasteiger partial charge in [-0.05, 0) is 59.7 Å². The highest BCUT2D eigenvalue weighted by molar-refractivity contribution is 6.20. The third-order valence-electron chi connectivity index (χ3n) is 5.70. The minimum absolute atomic E-state index is 0.0209. The fraction of sp³-hybridized carbons (Fsp3) is 0.200. The van der Waals surface area contributed by atoms with Gasteiger partial charge in [-0.15, -0.1) is 0 Å². The summed E-state index contributed by atoms with van der Waals surface area (Å²) in [6, 6.07) is 26.0. The Morgan fingerprint density at radius 1 is 0.436 bits per heavy atom. The van der Waals surface area contributed by atoms with Crippen LogP contribution in [0, 0.1) is 0 Å². The SMILES string of the molecule is COc1cc(COc2cccc(OBOc3cccc(OCc4cc(OC)cc(OC)c4)c3)c2)cc(OC)c1. The predicted octanol–water partition coefficient (Wildman–Crippen LogP) is 5.60. The lowest BCUT2D eigenvalue weighted by molar-refractivity contribution is 0.302. The Morgan fingerprint density at radius 3 is 1.13 bits per heavy atom. The summed E-state index contributed by atoms with van der Waals surface area (Å²) >= 11 is 0. The quantitative estimate of drug-likeness (QED) is 0.195. The molecule has 4 rings (SSSR count). The summed E-state index contributed by atoms with van der Waals surface area (Å²) in [5, 5.41) is 0. The van der Waals surface area contributed by atoms with Gasteiger partial charge in [0.05, 0.1) is 28.4 Å². The number of ether oxygens (including phenoxy) is 6. The lowest BCUT2D eigenvalue weighted by Gasteiger charge is -2.12. The highest BCUT2D eigenvalue weighted by Gasteiger charge is 2.07. The standard InChI is InChI=1S/C30H31BO8/c1-32-27-11-21(12-28(17-27)33-2)19-36-23-7-5-9-25(15-23)38-31-39-26-10-6-8-24(16-26)37-20-22-13-29(34-3)18-30(14-22)35-4/h5-18,31H,19-20H2,1-4H3. The molecule has 8 nitrogen and oxygen atoms in total. The van der Waals surface area contributed by atoms with Crippen molar-refractivity contribution in [3.05, 3.63) is 96.1 Å². The van der Waals surface area contributed by atoms with E-state index in [2.05, 4.69) is 0 Å². The Bertz CT molecular complexity index is 1210. The van der Waals surface area contributed by atoms with Gasteiger partial charge in [0, 0.05) is 24.3 Å². The van der Waals surface area contributed by atoms with Gasteiger partial charge in [-0.1, -0.05) is 12.1 Å². The van der Waals surface area contributed by atoms with Gasteiger partial charge < -0.3 is 37.7 Å². The summed E-state index contributed by atoms with van der Waals surface area (Å²) < 4.78 is 44.7. The van der Waals surface area contributed by atoms with Crippen LogP contribution in [0.1, 0.15) is 11.1 Å². The lowest BCUT2D eigenvalue weighted by atomic mass is 10.2. The molecule has 0 saturated heterocycles. The molecule has 0 saturated carbocycles. The topological polar surface area (TPSA) is 73.8 Å². The van der Waals surface area contributed by atoms with Crippen LogP contribution in [0.25, 0.3) is 0 Å². The molecule has 9 heteroatoms. The van der Waals surface area contributed by atoms with Crippen LogP contribution in [0.3, 0.4) is 0 Å². The first kappa shape index (κ1) is 27.4. The van der Waals surface area contributed by atoms with Crippen LogP contribution in [0.15, 0.2) is 84.9 Å². The van der Waals surface area contributed by atoms with Gasteiger partial charge in [-0.2, -0.15) is 0 Å². The van der Waals surface area contributed by atoms with Crippen molar-refractivity contribution in [1.29, 1.82) is 0 Å². The molecule has 0 fully saturated rings. The van der Waals surface area contributed by atoms with Crippen LogP contribution >= 0.6 is 0 Å². The first-order valence-electron chi connectivity index (χ1n) is 12.2. The van der Waals surface area contributed by atoms with Crippen molar-refractivity contribution in [2.75, 3.05) is 28.4 Å². The Labute approximate surface area is 229 Å². The van der Waals surface area contributed by atoms with Gasteiger partial charge >= 0.3 is 7.69 Å². The molecular weight excluding hydrogens is 499 g/mol. The molecule has 4 aromatic rings. The van der Waals surface area contributed by atoms with Gasteiger partial charge in [-0.3, -0.25) is 0 Å². The maximum Gasteiger partial charge on any atom is 0.576 e.